The Bertz CT molecular complexity index is 1300. The summed E-state index contributed by atoms with van der Waals surface area (Å²) in [4.78, 5) is 14.1. The van der Waals surface area contributed by atoms with Crippen molar-refractivity contribution in [2.24, 2.45) is 0 Å². The van der Waals surface area contributed by atoms with Crippen molar-refractivity contribution in [2.45, 2.75) is 52.4 Å². The van der Waals surface area contributed by atoms with Crippen molar-refractivity contribution in [1.82, 2.24) is 0 Å². The predicted molar refractivity (Wildman–Crippen MR) is 134 cm³/mol. The molecular weight excluding hydrogens is 438 g/mol. The number of hydrogen-bond donors (Lipinski definition) is 2. The quantitative estimate of drug-likeness (QED) is 0.305. The van der Waals surface area contributed by atoms with E-state index in [4.69, 9.17) is 18.9 Å². The third-order valence-electron chi connectivity index (χ3n) is 5.53. The fraction of sp³-hybridized carbons (Fsp3) is 0.308. The molecule has 32 heavy (non-hydrogen) atoms. The summed E-state index contributed by atoms with van der Waals surface area (Å²) in [6.07, 6.45) is 0. The van der Waals surface area contributed by atoms with Gasteiger partial charge in [-0.25, -0.2) is 0 Å². The lowest BCUT2D eigenvalue weighted by molar-refractivity contribution is 0.523. The van der Waals surface area contributed by atoms with Crippen LogP contribution >= 0.6 is 17.4 Å². The van der Waals surface area contributed by atoms with E-state index in [2.05, 4.69) is 102 Å². The third kappa shape index (κ3) is 5.57. The Morgan fingerprint density at radius 2 is 1.16 bits per heavy atom. The van der Waals surface area contributed by atoms with Gasteiger partial charge in [0.2, 0.25) is 0 Å². The molecule has 0 aromatic heterocycles. The smallest absolute Gasteiger partial charge is 0.162 e. The summed E-state index contributed by atoms with van der Waals surface area (Å²) in [6.45, 7) is 13.8. The van der Waals surface area contributed by atoms with E-state index in [9.17, 15) is 0 Å². The highest BCUT2D eigenvalue weighted by Crippen LogP contribution is 2.38. The van der Waals surface area contributed by atoms with E-state index in [1.54, 1.807) is 0 Å². The topological polar surface area (TPSA) is 74.6 Å². The second-order valence-corrected chi connectivity index (χ2v) is 10.1. The van der Waals surface area contributed by atoms with E-state index in [1.165, 1.54) is 43.1 Å². The van der Waals surface area contributed by atoms with Crippen molar-refractivity contribution in [3.8, 4) is 11.1 Å². The molecule has 0 amide bonds. The zero-order valence-electron chi connectivity index (χ0n) is 19.5. The molecule has 0 saturated carbocycles. The first-order valence-electron chi connectivity index (χ1n) is 10.4. The number of benzene rings is 3. The van der Waals surface area contributed by atoms with Gasteiger partial charge >= 0.3 is 17.4 Å². The Morgan fingerprint density at radius 3 is 1.69 bits per heavy atom. The van der Waals surface area contributed by atoms with Crippen LogP contribution in [0.15, 0.2) is 60.7 Å². The standard InChI is InChI=1S/C26H28.2HO2P/c1-25(2,3)17-14-15-19(23(16-17)26(4,5)6)22-13-9-12-21-18-10-7-8-11-20(18)24(21)22;2*1-3-2/h7-16H,1-6H3;2*3H/p+2. The van der Waals surface area contributed by atoms with E-state index in [1.807, 2.05) is 0 Å². The number of hydrogen-bond acceptors (Lipinski definition) is 2. The molecule has 2 N–H and O–H groups in total. The van der Waals surface area contributed by atoms with Crippen molar-refractivity contribution < 1.29 is 18.9 Å². The number of rotatable bonds is 1. The number of fused-ring (bicyclic) bond motifs is 2. The Labute approximate surface area is 192 Å². The van der Waals surface area contributed by atoms with Gasteiger partial charge in [0, 0.05) is 0 Å². The van der Waals surface area contributed by atoms with Gasteiger partial charge in [-0.05, 0) is 63.1 Å². The normalized spacial score (nSPS) is 11.9. The predicted octanol–water partition coefficient (Wildman–Crippen LogP) is 6.67. The summed E-state index contributed by atoms with van der Waals surface area (Å²) in [6, 6.07) is 22.6. The SMILES string of the molecule is CC(C)(C)c1ccc(-c2cccc3c2=c2ccccc2=3)c(C(C)(C)C)c1.O=[PH+]O.O=[PH+]O. The highest BCUT2D eigenvalue weighted by molar-refractivity contribution is 7.16. The van der Waals surface area contributed by atoms with Gasteiger partial charge in [0.15, 0.2) is 0 Å². The van der Waals surface area contributed by atoms with Gasteiger partial charge in [0.25, 0.3) is 0 Å². The largest absolute Gasteiger partial charge is 0.491 e. The maximum absolute atomic E-state index is 8.51. The first-order chi connectivity index (χ1) is 15.0. The van der Waals surface area contributed by atoms with Crippen LogP contribution in [-0.2, 0) is 20.0 Å². The van der Waals surface area contributed by atoms with Crippen LogP contribution in [0.25, 0.3) is 11.1 Å². The molecule has 0 bridgehead atoms. The van der Waals surface area contributed by atoms with E-state index in [0.717, 1.165) is 0 Å². The zero-order valence-corrected chi connectivity index (χ0v) is 21.5. The molecule has 0 radical (unpaired) electrons. The summed E-state index contributed by atoms with van der Waals surface area (Å²) in [5.74, 6) is 0. The van der Waals surface area contributed by atoms with Crippen LogP contribution in [0.2, 0.25) is 0 Å². The maximum Gasteiger partial charge on any atom is 0.491 e. The fourth-order valence-corrected chi connectivity index (χ4v) is 4.03. The Hall–Kier alpha value is -2.22. The molecule has 0 saturated heterocycles. The molecule has 4 nitrogen and oxygen atoms in total. The summed E-state index contributed by atoms with van der Waals surface area (Å²) < 4.78 is 17.0. The second kappa shape index (κ2) is 10.6. The average molecular weight is 470 g/mol. The molecule has 0 spiro atoms. The molecule has 0 fully saturated rings. The van der Waals surface area contributed by atoms with Gasteiger partial charge in [0.1, 0.15) is 0 Å². The summed E-state index contributed by atoms with van der Waals surface area (Å²) in [5, 5.41) is 5.57. The lowest BCUT2D eigenvalue weighted by atomic mass is 9.76. The van der Waals surface area contributed by atoms with Gasteiger partial charge in [-0.1, -0.05) is 102 Å². The van der Waals surface area contributed by atoms with Gasteiger partial charge in [-0.3, -0.25) is 0 Å². The van der Waals surface area contributed by atoms with Gasteiger partial charge in [0.05, 0.1) is 0 Å². The van der Waals surface area contributed by atoms with Crippen molar-refractivity contribution >= 4 is 17.4 Å². The third-order valence-corrected chi connectivity index (χ3v) is 5.53. The Balaban J connectivity index is 0.000000547. The van der Waals surface area contributed by atoms with Gasteiger partial charge in [-0.15, -0.1) is 0 Å². The van der Waals surface area contributed by atoms with E-state index in [-0.39, 0.29) is 10.8 Å². The van der Waals surface area contributed by atoms with Crippen LogP contribution in [0, 0.1) is 20.9 Å². The van der Waals surface area contributed by atoms with Gasteiger partial charge < -0.3 is 0 Å². The molecule has 1 aliphatic rings. The average Bonchev–Trinajstić information content (AvgIpc) is 2.71. The van der Waals surface area contributed by atoms with Crippen LogP contribution in [0.3, 0.4) is 0 Å². The van der Waals surface area contributed by atoms with Crippen LogP contribution < -0.4 is 0 Å². The molecule has 0 heterocycles. The van der Waals surface area contributed by atoms with E-state index in [0.29, 0.717) is 0 Å². The fourth-order valence-electron chi connectivity index (χ4n) is 4.03. The molecule has 3 aromatic rings. The summed E-state index contributed by atoms with van der Waals surface area (Å²) >= 11 is 0. The van der Waals surface area contributed by atoms with E-state index < -0.39 is 17.4 Å². The lowest BCUT2D eigenvalue weighted by Crippen LogP contribution is -2.17. The summed E-state index contributed by atoms with van der Waals surface area (Å²) in [7, 11) is -2.33. The molecule has 2 atom stereocenters. The maximum atomic E-state index is 8.51. The molecule has 6 heteroatoms. The minimum absolute atomic E-state index is 0.0998. The highest BCUT2D eigenvalue weighted by atomic mass is 31.1. The van der Waals surface area contributed by atoms with Crippen LogP contribution in [0.1, 0.15) is 52.7 Å². The van der Waals surface area contributed by atoms with Crippen LogP contribution in [-0.4, -0.2) is 9.79 Å². The Kier molecular flexibility index (Phi) is 8.62. The Morgan fingerprint density at radius 1 is 0.625 bits per heavy atom. The highest BCUT2D eigenvalue weighted by Gasteiger charge is 2.23. The molecule has 1 aliphatic carbocycles. The lowest BCUT2D eigenvalue weighted by Gasteiger charge is -2.28. The molecule has 2 unspecified atom stereocenters. The van der Waals surface area contributed by atoms with E-state index >= 15 is 0 Å². The van der Waals surface area contributed by atoms with Crippen molar-refractivity contribution in [3.63, 3.8) is 0 Å². The summed E-state index contributed by atoms with van der Waals surface area (Å²) in [5.41, 5.74) is 5.84. The first kappa shape index (κ1) is 26.0. The van der Waals surface area contributed by atoms with Crippen molar-refractivity contribution in [1.29, 1.82) is 0 Å². The molecule has 0 aliphatic heterocycles. The van der Waals surface area contributed by atoms with Crippen molar-refractivity contribution in [3.05, 3.63) is 92.7 Å². The minimum Gasteiger partial charge on any atom is -0.162 e. The van der Waals surface area contributed by atoms with Crippen LogP contribution in [0.4, 0.5) is 0 Å². The first-order valence-corrected chi connectivity index (χ1v) is 12.1. The second-order valence-electron chi connectivity index (χ2n) is 9.72. The minimum atomic E-state index is -1.17. The zero-order chi connectivity index (χ0) is 24.1. The molecule has 4 rings (SSSR count). The van der Waals surface area contributed by atoms with Crippen molar-refractivity contribution in [2.75, 3.05) is 0 Å². The molecule has 3 aromatic carbocycles. The molecule has 168 valence electrons. The molecular formula is C26H32O4P2+2. The van der Waals surface area contributed by atoms with Gasteiger partial charge in [-0.2, -0.15) is 9.79 Å². The van der Waals surface area contributed by atoms with Crippen LogP contribution in [0.5, 0.6) is 0 Å². The monoisotopic (exact) mass is 470 g/mol.